The number of carbonyl (C=O) groups excluding carboxylic acids is 1. The van der Waals surface area contributed by atoms with E-state index in [1.807, 2.05) is 30.6 Å². The zero-order valence-corrected chi connectivity index (χ0v) is 14.8. The van der Waals surface area contributed by atoms with Crippen LogP contribution in [0.15, 0.2) is 55.4 Å². The Morgan fingerprint density at radius 2 is 2.15 bits per heavy atom. The van der Waals surface area contributed by atoms with E-state index in [-0.39, 0.29) is 18.1 Å². The second-order valence-corrected chi connectivity index (χ2v) is 6.74. The van der Waals surface area contributed by atoms with Crippen molar-refractivity contribution in [3.05, 3.63) is 60.4 Å². The predicted octanol–water partition coefficient (Wildman–Crippen LogP) is 3.64. The Morgan fingerprint density at radius 3 is 2.88 bits per heavy atom. The fraction of sp³-hybridized carbons (Fsp3) is 0.278. The Labute approximate surface area is 156 Å². The lowest BCUT2D eigenvalue weighted by molar-refractivity contribution is 0.245. The summed E-state index contributed by atoms with van der Waals surface area (Å²) >= 11 is 6.32. The Kier molecular flexibility index (Phi) is 4.62. The minimum atomic E-state index is -0.232. The molecule has 0 saturated heterocycles. The van der Waals surface area contributed by atoms with Crippen molar-refractivity contribution in [3.8, 4) is 5.69 Å². The van der Waals surface area contributed by atoms with Crippen LogP contribution < -0.4 is 10.6 Å². The van der Waals surface area contributed by atoms with Gasteiger partial charge in [0.25, 0.3) is 0 Å². The SMILES string of the molecule is O=C(Nc1ccc(-n2cccn2)c(Cl)c1)N[C@H]1CCC[C@H]1n1ccnc1. The van der Waals surface area contributed by atoms with Gasteiger partial charge in [0.2, 0.25) is 0 Å². The van der Waals surface area contributed by atoms with E-state index in [1.54, 1.807) is 29.5 Å². The highest BCUT2D eigenvalue weighted by Gasteiger charge is 2.29. The summed E-state index contributed by atoms with van der Waals surface area (Å²) in [6.07, 6.45) is 12.1. The topological polar surface area (TPSA) is 76.8 Å². The normalized spacial score (nSPS) is 19.4. The van der Waals surface area contributed by atoms with Gasteiger partial charge in [-0.2, -0.15) is 5.10 Å². The van der Waals surface area contributed by atoms with Gasteiger partial charge in [-0.05, 0) is 43.5 Å². The van der Waals surface area contributed by atoms with Crippen molar-refractivity contribution in [2.24, 2.45) is 0 Å². The van der Waals surface area contributed by atoms with Crippen LogP contribution in [0, 0.1) is 0 Å². The third-order valence-corrected chi connectivity index (χ3v) is 4.96. The molecule has 0 bridgehead atoms. The molecule has 3 aromatic rings. The molecule has 26 heavy (non-hydrogen) atoms. The van der Waals surface area contributed by atoms with Crippen molar-refractivity contribution in [1.82, 2.24) is 24.6 Å². The maximum absolute atomic E-state index is 12.4. The van der Waals surface area contributed by atoms with E-state index in [2.05, 4.69) is 25.3 Å². The average molecular weight is 371 g/mol. The molecule has 0 radical (unpaired) electrons. The molecule has 0 unspecified atom stereocenters. The number of anilines is 1. The number of rotatable bonds is 4. The monoisotopic (exact) mass is 370 g/mol. The van der Waals surface area contributed by atoms with Gasteiger partial charge in [-0.1, -0.05) is 11.6 Å². The molecule has 0 aliphatic heterocycles. The highest BCUT2D eigenvalue weighted by molar-refractivity contribution is 6.32. The predicted molar refractivity (Wildman–Crippen MR) is 99.6 cm³/mol. The van der Waals surface area contributed by atoms with Gasteiger partial charge in [-0.15, -0.1) is 0 Å². The highest BCUT2D eigenvalue weighted by atomic mass is 35.5. The van der Waals surface area contributed by atoms with Crippen molar-refractivity contribution in [3.63, 3.8) is 0 Å². The van der Waals surface area contributed by atoms with Crippen LogP contribution in [0.1, 0.15) is 25.3 Å². The Balaban J connectivity index is 1.41. The lowest BCUT2D eigenvalue weighted by Gasteiger charge is -2.22. The summed E-state index contributed by atoms with van der Waals surface area (Å²) in [6, 6.07) is 7.29. The Hall–Kier alpha value is -2.80. The van der Waals surface area contributed by atoms with Crippen LogP contribution in [0.4, 0.5) is 10.5 Å². The van der Waals surface area contributed by atoms with E-state index in [0.29, 0.717) is 10.7 Å². The molecule has 8 heteroatoms. The lowest BCUT2D eigenvalue weighted by atomic mass is 10.2. The van der Waals surface area contributed by atoms with Crippen molar-refractivity contribution in [1.29, 1.82) is 0 Å². The quantitative estimate of drug-likeness (QED) is 0.736. The van der Waals surface area contributed by atoms with Crippen molar-refractivity contribution in [2.75, 3.05) is 5.32 Å². The van der Waals surface area contributed by atoms with Gasteiger partial charge in [0.1, 0.15) is 0 Å². The standard InChI is InChI=1S/C18H19ClN6O/c19-14-11-13(5-6-16(14)25-9-2-7-21-25)22-18(26)23-15-3-1-4-17(15)24-10-8-20-12-24/h2,5-12,15,17H,1,3-4H2,(H2,22,23,26)/t15-,17+/m0/s1. The number of imidazole rings is 1. The molecule has 134 valence electrons. The number of benzene rings is 1. The van der Waals surface area contributed by atoms with Crippen LogP contribution in [-0.2, 0) is 0 Å². The molecule has 2 N–H and O–H groups in total. The number of nitrogens with one attached hydrogen (secondary N) is 2. The van der Waals surface area contributed by atoms with Gasteiger partial charge in [0.05, 0.1) is 29.1 Å². The van der Waals surface area contributed by atoms with Crippen molar-refractivity contribution < 1.29 is 4.79 Å². The molecule has 2 aromatic heterocycles. The molecule has 1 aliphatic carbocycles. The number of amides is 2. The summed E-state index contributed by atoms with van der Waals surface area (Å²) < 4.78 is 3.74. The molecule has 1 fully saturated rings. The third-order valence-electron chi connectivity index (χ3n) is 4.66. The molecule has 1 aliphatic rings. The first-order valence-electron chi connectivity index (χ1n) is 8.55. The van der Waals surface area contributed by atoms with Gasteiger partial charge < -0.3 is 15.2 Å². The van der Waals surface area contributed by atoms with E-state index in [9.17, 15) is 4.79 Å². The van der Waals surface area contributed by atoms with Gasteiger partial charge >= 0.3 is 6.03 Å². The van der Waals surface area contributed by atoms with E-state index in [0.717, 1.165) is 24.9 Å². The van der Waals surface area contributed by atoms with Crippen LogP contribution in [-0.4, -0.2) is 31.4 Å². The summed E-state index contributed by atoms with van der Waals surface area (Å²) in [7, 11) is 0. The molecule has 1 saturated carbocycles. The number of hydrogen-bond donors (Lipinski definition) is 2. The fourth-order valence-electron chi connectivity index (χ4n) is 3.45. The first-order chi connectivity index (χ1) is 12.7. The second kappa shape index (κ2) is 7.21. The number of urea groups is 1. The molecule has 2 atom stereocenters. The molecule has 4 rings (SSSR count). The largest absolute Gasteiger partial charge is 0.333 e. The zero-order valence-electron chi connectivity index (χ0n) is 14.0. The minimum Gasteiger partial charge on any atom is -0.333 e. The molecular formula is C18H19ClN6O. The van der Waals surface area contributed by atoms with Gasteiger partial charge in [-0.25, -0.2) is 14.5 Å². The number of nitrogens with zero attached hydrogens (tertiary/aromatic N) is 4. The number of carbonyl (C=O) groups is 1. The number of hydrogen-bond acceptors (Lipinski definition) is 3. The first-order valence-corrected chi connectivity index (χ1v) is 8.93. The molecule has 2 heterocycles. The summed E-state index contributed by atoms with van der Waals surface area (Å²) in [4.78, 5) is 16.5. The highest BCUT2D eigenvalue weighted by Crippen LogP contribution is 2.30. The van der Waals surface area contributed by atoms with Crippen molar-refractivity contribution >= 4 is 23.3 Å². The van der Waals surface area contributed by atoms with Crippen LogP contribution in [0.25, 0.3) is 5.69 Å². The molecule has 0 spiro atoms. The lowest BCUT2D eigenvalue weighted by Crippen LogP contribution is -2.40. The van der Waals surface area contributed by atoms with Crippen LogP contribution in [0.5, 0.6) is 0 Å². The average Bonchev–Trinajstić information content (AvgIpc) is 3.37. The van der Waals surface area contributed by atoms with Gasteiger partial charge in [-0.3, -0.25) is 0 Å². The summed E-state index contributed by atoms with van der Waals surface area (Å²) in [5.74, 6) is 0. The van der Waals surface area contributed by atoms with Crippen LogP contribution in [0.2, 0.25) is 5.02 Å². The van der Waals surface area contributed by atoms with E-state index in [1.165, 1.54) is 0 Å². The van der Waals surface area contributed by atoms with E-state index >= 15 is 0 Å². The Bertz CT molecular complexity index is 877. The third kappa shape index (κ3) is 3.43. The molecular weight excluding hydrogens is 352 g/mol. The number of aromatic nitrogens is 4. The maximum Gasteiger partial charge on any atom is 0.319 e. The molecule has 7 nitrogen and oxygen atoms in total. The van der Waals surface area contributed by atoms with Gasteiger partial charge in [0.15, 0.2) is 0 Å². The summed E-state index contributed by atoms with van der Waals surface area (Å²) in [5, 5.41) is 10.6. The van der Waals surface area contributed by atoms with E-state index < -0.39 is 0 Å². The molecule has 2 amide bonds. The Morgan fingerprint density at radius 1 is 1.23 bits per heavy atom. The van der Waals surface area contributed by atoms with E-state index in [4.69, 9.17) is 11.6 Å². The molecule has 1 aromatic carbocycles. The van der Waals surface area contributed by atoms with Crippen LogP contribution >= 0.6 is 11.6 Å². The minimum absolute atomic E-state index is 0.0861. The summed E-state index contributed by atoms with van der Waals surface area (Å²) in [6.45, 7) is 0. The first kappa shape index (κ1) is 16.7. The van der Waals surface area contributed by atoms with Crippen LogP contribution in [0.3, 0.4) is 0 Å². The zero-order chi connectivity index (χ0) is 17.9. The number of halogens is 1. The fourth-order valence-corrected chi connectivity index (χ4v) is 3.72. The smallest absolute Gasteiger partial charge is 0.319 e. The van der Waals surface area contributed by atoms with Crippen molar-refractivity contribution in [2.45, 2.75) is 31.3 Å². The second-order valence-electron chi connectivity index (χ2n) is 6.33. The van der Waals surface area contributed by atoms with Gasteiger partial charge in [0, 0.05) is 30.5 Å². The summed E-state index contributed by atoms with van der Waals surface area (Å²) in [5.41, 5.74) is 1.40. The maximum atomic E-state index is 12.4.